The third kappa shape index (κ3) is 5.78. The number of likely N-dealkylation sites (tertiary alicyclic amines) is 1. The number of benzene rings is 2. The highest BCUT2D eigenvalue weighted by Gasteiger charge is 2.23. The van der Waals surface area contributed by atoms with Gasteiger partial charge in [-0.05, 0) is 42.2 Å². The van der Waals surface area contributed by atoms with Gasteiger partial charge >= 0.3 is 0 Å². The molecule has 0 aliphatic carbocycles. The fourth-order valence-corrected chi connectivity index (χ4v) is 3.15. The van der Waals surface area contributed by atoms with E-state index < -0.39 is 0 Å². The molecule has 4 nitrogen and oxygen atoms in total. The van der Waals surface area contributed by atoms with E-state index in [4.69, 9.17) is 0 Å². The summed E-state index contributed by atoms with van der Waals surface area (Å²) < 4.78 is 12.9. The molecule has 1 saturated heterocycles. The molecule has 0 saturated carbocycles. The first-order valence-electron chi connectivity index (χ1n) is 9.16. The predicted molar refractivity (Wildman–Crippen MR) is 103 cm³/mol. The van der Waals surface area contributed by atoms with Gasteiger partial charge in [-0.2, -0.15) is 0 Å². The summed E-state index contributed by atoms with van der Waals surface area (Å²) in [6, 6.07) is 15.8. The lowest BCUT2D eigenvalue weighted by atomic mass is 10.0. The van der Waals surface area contributed by atoms with Crippen molar-refractivity contribution in [1.82, 2.24) is 10.2 Å². The highest BCUT2D eigenvalue weighted by Crippen LogP contribution is 2.13. The lowest BCUT2D eigenvalue weighted by Crippen LogP contribution is -2.46. The molecule has 140 valence electrons. The van der Waals surface area contributed by atoms with Gasteiger partial charge in [0.15, 0.2) is 0 Å². The molecule has 2 amide bonds. The molecule has 0 unspecified atom stereocenters. The van der Waals surface area contributed by atoms with E-state index in [1.807, 2.05) is 35.2 Å². The Labute approximate surface area is 158 Å². The van der Waals surface area contributed by atoms with Crippen LogP contribution >= 0.6 is 0 Å². The first kappa shape index (κ1) is 18.8. The first-order valence-corrected chi connectivity index (χ1v) is 9.16. The Hall–Kier alpha value is -2.95. The SMILES string of the molecule is O=C(/C=C/c1ccccc1)NC1CCN(C(=O)Cc2ccc(F)cc2)CC1. The Bertz CT molecular complexity index is 795. The molecule has 1 aliphatic rings. The summed E-state index contributed by atoms with van der Waals surface area (Å²) in [5, 5.41) is 3.00. The number of rotatable bonds is 5. The van der Waals surface area contributed by atoms with Gasteiger partial charge < -0.3 is 10.2 Å². The molecule has 2 aromatic rings. The lowest BCUT2D eigenvalue weighted by Gasteiger charge is -2.32. The van der Waals surface area contributed by atoms with Crippen molar-refractivity contribution in [1.29, 1.82) is 0 Å². The summed E-state index contributed by atoms with van der Waals surface area (Å²) in [5.41, 5.74) is 1.79. The molecule has 0 bridgehead atoms. The second kappa shape index (κ2) is 9.12. The van der Waals surface area contributed by atoms with Crippen LogP contribution in [0.3, 0.4) is 0 Å². The van der Waals surface area contributed by atoms with Crippen LogP contribution in [-0.2, 0) is 16.0 Å². The minimum atomic E-state index is -0.302. The molecule has 2 aromatic carbocycles. The predicted octanol–water partition coefficient (Wildman–Crippen LogP) is 3.19. The van der Waals surface area contributed by atoms with E-state index in [-0.39, 0.29) is 30.1 Å². The Balaban J connectivity index is 1.43. The Kier molecular flexibility index (Phi) is 6.36. The van der Waals surface area contributed by atoms with Gasteiger partial charge in [0.25, 0.3) is 0 Å². The van der Waals surface area contributed by atoms with Gasteiger partial charge in [-0.25, -0.2) is 4.39 Å². The number of amides is 2. The van der Waals surface area contributed by atoms with E-state index in [2.05, 4.69) is 5.32 Å². The second-order valence-corrected chi connectivity index (χ2v) is 6.71. The van der Waals surface area contributed by atoms with Crippen molar-refractivity contribution < 1.29 is 14.0 Å². The normalized spacial score (nSPS) is 15.1. The summed E-state index contributed by atoms with van der Waals surface area (Å²) in [4.78, 5) is 26.2. The third-order valence-electron chi connectivity index (χ3n) is 4.69. The largest absolute Gasteiger partial charge is 0.350 e. The topological polar surface area (TPSA) is 49.4 Å². The second-order valence-electron chi connectivity index (χ2n) is 6.71. The highest BCUT2D eigenvalue weighted by atomic mass is 19.1. The number of halogens is 1. The average Bonchev–Trinajstić information content (AvgIpc) is 2.69. The van der Waals surface area contributed by atoms with Crippen LogP contribution in [0.5, 0.6) is 0 Å². The number of piperidine rings is 1. The fraction of sp³-hybridized carbons (Fsp3) is 0.273. The summed E-state index contributed by atoms with van der Waals surface area (Å²) in [6.45, 7) is 1.24. The van der Waals surface area contributed by atoms with Crippen LogP contribution in [0.15, 0.2) is 60.7 Å². The maximum Gasteiger partial charge on any atom is 0.244 e. The zero-order chi connectivity index (χ0) is 19.1. The smallest absolute Gasteiger partial charge is 0.244 e. The minimum absolute atomic E-state index is 0.0374. The number of carbonyl (C=O) groups excluding carboxylic acids is 2. The van der Waals surface area contributed by atoms with Crippen molar-refractivity contribution in [3.8, 4) is 0 Å². The van der Waals surface area contributed by atoms with Crippen LogP contribution < -0.4 is 5.32 Å². The molecule has 1 aliphatic heterocycles. The van der Waals surface area contributed by atoms with Crippen molar-refractivity contribution in [3.63, 3.8) is 0 Å². The van der Waals surface area contributed by atoms with Crippen LogP contribution in [0.1, 0.15) is 24.0 Å². The first-order chi connectivity index (χ1) is 13.1. The molecule has 0 aromatic heterocycles. The van der Waals surface area contributed by atoms with Crippen molar-refractivity contribution in [2.75, 3.05) is 13.1 Å². The van der Waals surface area contributed by atoms with E-state index >= 15 is 0 Å². The van der Waals surface area contributed by atoms with Crippen LogP contribution in [0.2, 0.25) is 0 Å². The lowest BCUT2D eigenvalue weighted by molar-refractivity contribution is -0.131. The fourth-order valence-electron chi connectivity index (χ4n) is 3.15. The molecule has 0 spiro atoms. The molecule has 0 radical (unpaired) electrons. The zero-order valence-electron chi connectivity index (χ0n) is 15.1. The van der Waals surface area contributed by atoms with Crippen LogP contribution in [0.4, 0.5) is 4.39 Å². The number of hydrogen-bond acceptors (Lipinski definition) is 2. The molecule has 1 fully saturated rings. The summed E-state index contributed by atoms with van der Waals surface area (Å²) in [6.07, 6.45) is 5.08. The molecule has 1 heterocycles. The van der Waals surface area contributed by atoms with Crippen LogP contribution in [-0.4, -0.2) is 35.8 Å². The van der Waals surface area contributed by atoms with E-state index in [9.17, 15) is 14.0 Å². The van der Waals surface area contributed by atoms with Crippen LogP contribution in [0.25, 0.3) is 6.08 Å². The van der Waals surface area contributed by atoms with Gasteiger partial charge in [0.05, 0.1) is 6.42 Å². The molecule has 0 atom stereocenters. The standard InChI is InChI=1S/C22H23FN2O2/c23-19-9-6-18(7-10-19)16-22(27)25-14-12-20(13-15-25)24-21(26)11-8-17-4-2-1-3-5-17/h1-11,20H,12-16H2,(H,24,26)/b11-8+. The van der Waals surface area contributed by atoms with Gasteiger partial charge in [0.1, 0.15) is 5.82 Å². The third-order valence-corrected chi connectivity index (χ3v) is 4.69. The van der Waals surface area contributed by atoms with Crippen LogP contribution in [0, 0.1) is 5.82 Å². The maximum atomic E-state index is 12.9. The number of hydrogen-bond donors (Lipinski definition) is 1. The monoisotopic (exact) mass is 366 g/mol. The van der Waals surface area contributed by atoms with E-state index in [1.54, 1.807) is 24.3 Å². The van der Waals surface area contributed by atoms with Gasteiger partial charge in [0.2, 0.25) is 11.8 Å². The van der Waals surface area contributed by atoms with Crippen molar-refractivity contribution in [3.05, 3.63) is 77.6 Å². The van der Waals surface area contributed by atoms with Crippen molar-refractivity contribution in [2.45, 2.75) is 25.3 Å². The molecule has 27 heavy (non-hydrogen) atoms. The quantitative estimate of drug-likeness (QED) is 0.827. The Morgan fingerprint density at radius 3 is 2.37 bits per heavy atom. The van der Waals surface area contributed by atoms with Gasteiger partial charge in [-0.3, -0.25) is 9.59 Å². The molecular weight excluding hydrogens is 343 g/mol. The van der Waals surface area contributed by atoms with Gasteiger partial charge in [-0.1, -0.05) is 42.5 Å². The van der Waals surface area contributed by atoms with E-state index in [1.165, 1.54) is 12.1 Å². The summed E-state index contributed by atoms with van der Waals surface area (Å²) in [7, 11) is 0. The average molecular weight is 366 g/mol. The maximum absolute atomic E-state index is 12.9. The van der Waals surface area contributed by atoms with E-state index in [0.29, 0.717) is 13.1 Å². The zero-order valence-corrected chi connectivity index (χ0v) is 15.1. The summed E-state index contributed by atoms with van der Waals surface area (Å²) >= 11 is 0. The number of nitrogens with one attached hydrogen (secondary N) is 1. The Morgan fingerprint density at radius 1 is 1.04 bits per heavy atom. The van der Waals surface area contributed by atoms with Gasteiger partial charge in [0, 0.05) is 25.2 Å². The molecule has 3 rings (SSSR count). The van der Waals surface area contributed by atoms with Crippen molar-refractivity contribution >= 4 is 17.9 Å². The van der Waals surface area contributed by atoms with E-state index in [0.717, 1.165) is 24.0 Å². The minimum Gasteiger partial charge on any atom is -0.350 e. The number of nitrogens with zero attached hydrogens (tertiary/aromatic N) is 1. The molecule has 1 N–H and O–H groups in total. The summed E-state index contributed by atoms with van der Waals surface area (Å²) in [5.74, 6) is -0.380. The highest BCUT2D eigenvalue weighted by molar-refractivity contribution is 5.91. The molecule has 5 heteroatoms. The molecular formula is C22H23FN2O2. The van der Waals surface area contributed by atoms with Gasteiger partial charge in [-0.15, -0.1) is 0 Å². The van der Waals surface area contributed by atoms with Crippen molar-refractivity contribution in [2.24, 2.45) is 0 Å². The Morgan fingerprint density at radius 2 is 1.70 bits per heavy atom. The number of carbonyl (C=O) groups is 2.